The molecule has 2 nitrogen and oxygen atoms in total. The van der Waals surface area contributed by atoms with E-state index < -0.39 is 5.95 Å². The first-order valence-corrected chi connectivity index (χ1v) is 7.31. The maximum atomic E-state index is 13.5. The summed E-state index contributed by atoms with van der Waals surface area (Å²) >= 11 is 0. The Labute approximate surface area is 123 Å². The van der Waals surface area contributed by atoms with E-state index in [-0.39, 0.29) is 11.7 Å². The van der Waals surface area contributed by atoms with Crippen molar-refractivity contribution in [1.82, 2.24) is 10.3 Å². The topological polar surface area (TPSA) is 24.9 Å². The van der Waals surface area contributed by atoms with Crippen LogP contribution in [0.3, 0.4) is 0 Å². The standard InChI is InChI=1S/C17H18F2N2/c18-15-3-1-12(2-4-15)17(13-5-8-20-9-6-13)14-7-10-21-16(19)11-14/h1-4,7,10-11,13,17,20H,5-6,8-9H2. The van der Waals surface area contributed by atoms with E-state index in [4.69, 9.17) is 0 Å². The molecule has 0 aliphatic carbocycles. The highest BCUT2D eigenvalue weighted by atomic mass is 19.1. The van der Waals surface area contributed by atoms with E-state index in [2.05, 4.69) is 10.3 Å². The summed E-state index contributed by atoms with van der Waals surface area (Å²) in [7, 11) is 0. The molecule has 0 amide bonds. The molecule has 1 fully saturated rings. The number of hydrogen-bond acceptors (Lipinski definition) is 2. The molecule has 3 rings (SSSR count). The van der Waals surface area contributed by atoms with Crippen LogP contribution in [0.2, 0.25) is 0 Å². The monoisotopic (exact) mass is 288 g/mol. The highest BCUT2D eigenvalue weighted by Crippen LogP contribution is 2.36. The summed E-state index contributed by atoms with van der Waals surface area (Å²) in [4.78, 5) is 3.64. The molecular weight excluding hydrogens is 270 g/mol. The van der Waals surface area contributed by atoms with Gasteiger partial charge in [0.15, 0.2) is 0 Å². The molecule has 1 aromatic carbocycles. The van der Waals surface area contributed by atoms with Gasteiger partial charge in [-0.25, -0.2) is 9.37 Å². The molecule has 2 aromatic rings. The van der Waals surface area contributed by atoms with Crippen LogP contribution in [-0.4, -0.2) is 18.1 Å². The van der Waals surface area contributed by atoms with Crippen molar-refractivity contribution in [2.45, 2.75) is 18.8 Å². The number of nitrogens with one attached hydrogen (secondary N) is 1. The summed E-state index contributed by atoms with van der Waals surface area (Å²) in [6.45, 7) is 1.94. The maximum Gasteiger partial charge on any atom is 0.213 e. The number of benzene rings is 1. The zero-order valence-corrected chi connectivity index (χ0v) is 11.7. The summed E-state index contributed by atoms with van der Waals surface area (Å²) in [5.41, 5.74) is 1.95. The van der Waals surface area contributed by atoms with Crippen LogP contribution >= 0.6 is 0 Å². The van der Waals surface area contributed by atoms with Crippen LogP contribution in [0.4, 0.5) is 8.78 Å². The molecule has 2 heterocycles. The van der Waals surface area contributed by atoms with E-state index in [0.29, 0.717) is 5.92 Å². The Morgan fingerprint density at radius 1 is 1.00 bits per heavy atom. The molecule has 1 aliphatic heterocycles. The third-order valence-corrected chi connectivity index (χ3v) is 4.19. The van der Waals surface area contributed by atoms with Crippen molar-refractivity contribution in [1.29, 1.82) is 0 Å². The van der Waals surface area contributed by atoms with Crippen LogP contribution < -0.4 is 5.32 Å². The van der Waals surface area contributed by atoms with Gasteiger partial charge in [-0.2, -0.15) is 4.39 Å². The van der Waals surface area contributed by atoms with Crippen LogP contribution in [0.25, 0.3) is 0 Å². The molecule has 4 heteroatoms. The van der Waals surface area contributed by atoms with Gasteiger partial charge in [0, 0.05) is 12.1 Å². The largest absolute Gasteiger partial charge is 0.317 e. The molecule has 21 heavy (non-hydrogen) atoms. The summed E-state index contributed by atoms with van der Waals surface area (Å²) in [5.74, 6) is -0.194. The lowest BCUT2D eigenvalue weighted by Crippen LogP contribution is -2.31. The van der Waals surface area contributed by atoms with Gasteiger partial charge in [0.2, 0.25) is 5.95 Å². The Bertz CT molecular complexity index is 592. The minimum Gasteiger partial charge on any atom is -0.317 e. The van der Waals surface area contributed by atoms with Crippen molar-refractivity contribution in [2.75, 3.05) is 13.1 Å². The van der Waals surface area contributed by atoms with Gasteiger partial charge in [-0.15, -0.1) is 0 Å². The van der Waals surface area contributed by atoms with Crippen LogP contribution in [0.5, 0.6) is 0 Å². The SMILES string of the molecule is Fc1ccc(C(c2ccnc(F)c2)C2CCNCC2)cc1. The molecule has 1 unspecified atom stereocenters. The van der Waals surface area contributed by atoms with E-state index in [0.717, 1.165) is 37.1 Å². The number of hydrogen-bond donors (Lipinski definition) is 1. The van der Waals surface area contributed by atoms with Crippen molar-refractivity contribution in [3.05, 3.63) is 65.5 Å². The highest BCUT2D eigenvalue weighted by molar-refractivity contribution is 5.33. The normalized spacial score (nSPS) is 17.6. The smallest absolute Gasteiger partial charge is 0.213 e. The lowest BCUT2D eigenvalue weighted by molar-refractivity contribution is 0.341. The number of nitrogens with zero attached hydrogens (tertiary/aromatic N) is 1. The zero-order valence-electron chi connectivity index (χ0n) is 11.7. The molecule has 110 valence electrons. The molecule has 0 saturated carbocycles. The number of halogens is 2. The molecular formula is C17H18F2N2. The Morgan fingerprint density at radius 2 is 1.71 bits per heavy atom. The molecule has 1 aromatic heterocycles. The Kier molecular flexibility index (Phi) is 4.25. The van der Waals surface area contributed by atoms with Gasteiger partial charge < -0.3 is 5.32 Å². The molecule has 0 bridgehead atoms. The van der Waals surface area contributed by atoms with Gasteiger partial charge in [0.05, 0.1) is 0 Å². The average molecular weight is 288 g/mol. The maximum absolute atomic E-state index is 13.5. The fraction of sp³-hybridized carbons (Fsp3) is 0.353. The Hall–Kier alpha value is -1.81. The highest BCUT2D eigenvalue weighted by Gasteiger charge is 2.26. The quantitative estimate of drug-likeness (QED) is 0.875. The minimum absolute atomic E-state index is 0.0881. The molecule has 0 radical (unpaired) electrons. The summed E-state index contributed by atoms with van der Waals surface area (Å²) < 4.78 is 26.7. The first-order valence-electron chi connectivity index (χ1n) is 7.31. The second-order valence-electron chi connectivity index (χ2n) is 5.53. The van der Waals surface area contributed by atoms with Gasteiger partial charge in [-0.1, -0.05) is 12.1 Å². The van der Waals surface area contributed by atoms with Crippen molar-refractivity contribution in [2.24, 2.45) is 5.92 Å². The number of piperidine rings is 1. The fourth-order valence-electron chi connectivity index (χ4n) is 3.20. The lowest BCUT2D eigenvalue weighted by Gasteiger charge is -2.31. The number of rotatable bonds is 3. The van der Waals surface area contributed by atoms with Crippen LogP contribution in [-0.2, 0) is 0 Å². The first kappa shape index (κ1) is 14.1. The van der Waals surface area contributed by atoms with Crippen LogP contribution in [0.15, 0.2) is 42.6 Å². The summed E-state index contributed by atoms with van der Waals surface area (Å²) in [5, 5.41) is 3.35. The van der Waals surface area contributed by atoms with Crippen molar-refractivity contribution in [3.63, 3.8) is 0 Å². The molecule has 1 atom stereocenters. The second-order valence-corrected chi connectivity index (χ2v) is 5.53. The van der Waals surface area contributed by atoms with Gasteiger partial charge in [0.25, 0.3) is 0 Å². The van der Waals surface area contributed by atoms with Crippen LogP contribution in [0.1, 0.15) is 29.9 Å². The van der Waals surface area contributed by atoms with Gasteiger partial charge in [-0.05, 0) is 67.2 Å². The van der Waals surface area contributed by atoms with E-state index in [1.165, 1.54) is 24.4 Å². The van der Waals surface area contributed by atoms with E-state index in [1.807, 2.05) is 6.07 Å². The summed E-state index contributed by atoms with van der Waals surface area (Å²) in [6.07, 6.45) is 3.57. The third kappa shape index (κ3) is 3.27. The Balaban J connectivity index is 1.99. The average Bonchev–Trinajstić information content (AvgIpc) is 2.51. The molecule has 0 spiro atoms. The van der Waals surface area contributed by atoms with E-state index in [1.54, 1.807) is 12.1 Å². The van der Waals surface area contributed by atoms with Gasteiger partial charge in [-0.3, -0.25) is 0 Å². The third-order valence-electron chi connectivity index (χ3n) is 4.19. The van der Waals surface area contributed by atoms with E-state index in [9.17, 15) is 8.78 Å². The van der Waals surface area contributed by atoms with Crippen molar-refractivity contribution < 1.29 is 8.78 Å². The van der Waals surface area contributed by atoms with Crippen molar-refractivity contribution in [3.8, 4) is 0 Å². The Morgan fingerprint density at radius 3 is 2.38 bits per heavy atom. The fourth-order valence-corrected chi connectivity index (χ4v) is 3.20. The lowest BCUT2D eigenvalue weighted by atomic mass is 9.76. The number of aromatic nitrogens is 1. The molecule has 1 aliphatic rings. The van der Waals surface area contributed by atoms with Crippen molar-refractivity contribution >= 4 is 0 Å². The van der Waals surface area contributed by atoms with Crippen LogP contribution in [0, 0.1) is 17.7 Å². The second kappa shape index (κ2) is 6.31. The predicted molar refractivity (Wildman–Crippen MR) is 78.0 cm³/mol. The molecule has 1 saturated heterocycles. The van der Waals surface area contributed by atoms with E-state index >= 15 is 0 Å². The predicted octanol–water partition coefficient (Wildman–Crippen LogP) is 3.49. The zero-order chi connectivity index (χ0) is 14.7. The van der Waals surface area contributed by atoms with Gasteiger partial charge in [0.1, 0.15) is 5.82 Å². The summed E-state index contributed by atoms with van der Waals surface area (Å²) in [6, 6.07) is 9.91. The molecule has 1 N–H and O–H groups in total. The number of pyridine rings is 1. The minimum atomic E-state index is -0.464. The first-order chi connectivity index (χ1) is 10.2. The van der Waals surface area contributed by atoms with Gasteiger partial charge >= 0.3 is 0 Å².